The molecular formula is C17H35ClN2O. The molecule has 2 unspecified atom stereocenters. The third-order valence-corrected chi connectivity index (χ3v) is 4.55. The number of amides is 1. The van der Waals surface area contributed by atoms with Gasteiger partial charge in [0.15, 0.2) is 0 Å². The summed E-state index contributed by atoms with van der Waals surface area (Å²) in [6.07, 6.45) is 7.88. The summed E-state index contributed by atoms with van der Waals surface area (Å²) in [6.45, 7) is 10.8. The molecular weight excluding hydrogens is 284 g/mol. The van der Waals surface area contributed by atoms with E-state index in [4.69, 9.17) is 0 Å². The molecule has 0 spiro atoms. The number of rotatable bonds is 9. The minimum absolute atomic E-state index is 0. The van der Waals surface area contributed by atoms with E-state index in [2.05, 4.69) is 31.0 Å². The van der Waals surface area contributed by atoms with Crippen molar-refractivity contribution in [3.05, 3.63) is 0 Å². The lowest BCUT2D eigenvalue weighted by Gasteiger charge is -2.30. The van der Waals surface area contributed by atoms with Crippen LogP contribution in [0.5, 0.6) is 0 Å². The number of halogens is 1. The van der Waals surface area contributed by atoms with Crippen molar-refractivity contribution in [1.29, 1.82) is 0 Å². The maximum absolute atomic E-state index is 12.5. The zero-order chi connectivity index (χ0) is 14.8. The van der Waals surface area contributed by atoms with Crippen molar-refractivity contribution < 1.29 is 4.79 Å². The van der Waals surface area contributed by atoms with Gasteiger partial charge in [0.05, 0.1) is 0 Å². The summed E-state index contributed by atoms with van der Waals surface area (Å²) in [4.78, 5) is 14.6. The predicted molar refractivity (Wildman–Crippen MR) is 93.0 cm³/mol. The lowest BCUT2D eigenvalue weighted by atomic mass is 9.85. The van der Waals surface area contributed by atoms with Crippen LogP contribution in [0.25, 0.3) is 0 Å². The van der Waals surface area contributed by atoms with Crippen LogP contribution in [0.3, 0.4) is 0 Å². The van der Waals surface area contributed by atoms with Gasteiger partial charge in [0.2, 0.25) is 5.91 Å². The highest BCUT2D eigenvalue weighted by Gasteiger charge is 2.24. The average Bonchev–Trinajstić information content (AvgIpc) is 2.48. The zero-order valence-corrected chi connectivity index (χ0v) is 15.0. The van der Waals surface area contributed by atoms with Crippen LogP contribution >= 0.6 is 12.4 Å². The van der Waals surface area contributed by atoms with Crippen molar-refractivity contribution >= 4 is 18.3 Å². The Morgan fingerprint density at radius 1 is 1.24 bits per heavy atom. The van der Waals surface area contributed by atoms with Crippen LogP contribution in [0.15, 0.2) is 0 Å². The Bertz CT molecular complexity index is 260. The molecule has 0 aromatic rings. The first-order valence-electron chi connectivity index (χ1n) is 8.67. The molecule has 1 fully saturated rings. The van der Waals surface area contributed by atoms with E-state index in [1.54, 1.807) is 0 Å². The number of nitrogens with zero attached hydrogens (tertiary/aromatic N) is 1. The van der Waals surface area contributed by atoms with Crippen LogP contribution in [0.4, 0.5) is 0 Å². The van der Waals surface area contributed by atoms with E-state index in [9.17, 15) is 4.79 Å². The monoisotopic (exact) mass is 318 g/mol. The van der Waals surface area contributed by atoms with Gasteiger partial charge in [-0.3, -0.25) is 4.79 Å². The highest BCUT2D eigenvalue weighted by Crippen LogP contribution is 2.23. The molecule has 2 atom stereocenters. The normalized spacial score (nSPS) is 19.7. The standard InChI is InChI=1S/C17H34N2O.ClH/c1-4-6-11-19(12-7-5-2)17(20)13-15(3)16-9-8-10-18-14-16;/h15-16,18H,4-14H2,1-3H3;1H. The van der Waals surface area contributed by atoms with Gasteiger partial charge in [-0.25, -0.2) is 0 Å². The van der Waals surface area contributed by atoms with E-state index in [0.29, 0.717) is 17.7 Å². The minimum atomic E-state index is 0. The molecule has 1 heterocycles. The fraction of sp³-hybridized carbons (Fsp3) is 0.941. The van der Waals surface area contributed by atoms with E-state index in [1.807, 2.05) is 0 Å². The first-order valence-corrected chi connectivity index (χ1v) is 8.67. The maximum Gasteiger partial charge on any atom is 0.222 e. The van der Waals surface area contributed by atoms with Crippen molar-refractivity contribution in [2.75, 3.05) is 26.2 Å². The van der Waals surface area contributed by atoms with Crippen LogP contribution in [-0.2, 0) is 4.79 Å². The highest BCUT2D eigenvalue weighted by molar-refractivity contribution is 5.85. The lowest BCUT2D eigenvalue weighted by molar-refractivity contribution is -0.132. The number of unbranched alkanes of at least 4 members (excludes halogenated alkanes) is 2. The molecule has 1 amide bonds. The van der Waals surface area contributed by atoms with Gasteiger partial charge < -0.3 is 10.2 Å². The molecule has 0 bridgehead atoms. The summed E-state index contributed by atoms with van der Waals surface area (Å²) >= 11 is 0. The molecule has 1 aliphatic rings. The van der Waals surface area contributed by atoms with Crippen LogP contribution in [0.1, 0.15) is 65.7 Å². The second-order valence-electron chi connectivity index (χ2n) is 6.38. The summed E-state index contributed by atoms with van der Waals surface area (Å²) in [7, 11) is 0. The Morgan fingerprint density at radius 3 is 2.33 bits per heavy atom. The van der Waals surface area contributed by atoms with Crippen molar-refractivity contribution in [3.63, 3.8) is 0 Å². The Labute approximate surface area is 137 Å². The molecule has 4 heteroatoms. The molecule has 0 aliphatic carbocycles. The number of nitrogens with one attached hydrogen (secondary N) is 1. The quantitative estimate of drug-likeness (QED) is 0.700. The first kappa shape index (κ1) is 20.7. The molecule has 3 nitrogen and oxygen atoms in total. The van der Waals surface area contributed by atoms with Crippen molar-refractivity contribution in [2.24, 2.45) is 11.8 Å². The Balaban J connectivity index is 0.00000400. The highest BCUT2D eigenvalue weighted by atomic mass is 35.5. The molecule has 0 saturated carbocycles. The summed E-state index contributed by atoms with van der Waals surface area (Å²) in [5.74, 6) is 1.58. The van der Waals surface area contributed by atoms with Crippen LogP contribution in [0.2, 0.25) is 0 Å². The van der Waals surface area contributed by atoms with E-state index in [1.165, 1.54) is 12.8 Å². The third kappa shape index (κ3) is 8.06. The van der Waals surface area contributed by atoms with Crippen molar-refractivity contribution in [1.82, 2.24) is 10.2 Å². The molecule has 1 rings (SSSR count). The molecule has 0 aromatic heterocycles. The first-order chi connectivity index (χ1) is 9.69. The van der Waals surface area contributed by atoms with Crippen LogP contribution < -0.4 is 5.32 Å². The minimum Gasteiger partial charge on any atom is -0.343 e. The van der Waals surface area contributed by atoms with E-state index in [0.717, 1.165) is 58.3 Å². The lowest BCUT2D eigenvalue weighted by Crippen LogP contribution is -2.38. The van der Waals surface area contributed by atoms with E-state index < -0.39 is 0 Å². The molecule has 1 aliphatic heterocycles. The van der Waals surface area contributed by atoms with Gasteiger partial charge in [0.25, 0.3) is 0 Å². The Hall–Kier alpha value is -0.280. The van der Waals surface area contributed by atoms with Crippen LogP contribution in [0, 0.1) is 11.8 Å². The van der Waals surface area contributed by atoms with Gasteiger partial charge in [0.1, 0.15) is 0 Å². The summed E-state index contributed by atoms with van der Waals surface area (Å²) < 4.78 is 0. The molecule has 1 saturated heterocycles. The van der Waals surface area contributed by atoms with Crippen LogP contribution in [-0.4, -0.2) is 37.0 Å². The third-order valence-electron chi connectivity index (χ3n) is 4.55. The number of carbonyl (C=O) groups excluding carboxylic acids is 1. The van der Waals surface area contributed by atoms with Gasteiger partial charge in [-0.2, -0.15) is 0 Å². The van der Waals surface area contributed by atoms with Crippen molar-refractivity contribution in [3.8, 4) is 0 Å². The fourth-order valence-electron chi connectivity index (χ4n) is 2.99. The van der Waals surface area contributed by atoms with E-state index >= 15 is 0 Å². The maximum atomic E-state index is 12.5. The zero-order valence-electron chi connectivity index (χ0n) is 14.2. The molecule has 1 N–H and O–H groups in total. The predicted octanol–water partition coefficient (Wildman–Crippen LogP) is 3.86. The molecule has 126 valence electrons. The van der Waals surface area contributed by atoms with Gasteiger partial charge in [-0.05, 0) is 50.6 Å². The van der Waals surface area contributed by atoms with Gasteiger partial charge in [0, 0.05) is 19.5 Å². The van der Waals surface area contributed by atoms with Gasteiger partial charge in [-0.1, -0.05) is 33.6 Å². The second-order valence-corrected chi connectivity index (χ2v) is 6.38. The second kappa shape index (κ2) is 12.3. The number of piperidine rings is 1. The summed E-state index contributed by atoms with van der Waals surface area (Å²) in [6, 6.07) is 0. The topological polar surface area (TPSA) is 32.3 Å². The van der Waals surface area contributed by atoms with Crippen molar-refractivity contribution in [2.45, 2.75) is 65.7 Å². The van der Waals surface area contributed by atoms with Gasteiger partial charge in [-0.15, -0.1) is 12.4 Å². The smallest absolute Gasteiger partial charge is 0.222 e. The SMILES string of the molecule is CCCCN(CCCC)C(=O)CC(C)C1CCCNC1.Cl. The fourth-order valence-corrected chi connectivity index (χ4v) is 2.99. The largest absolute Gasteiger partial charge is 0.343 e. The Morgan fingerprint density at radius 2 is 1.86 bits per heavy atom. The van der Waals surface area contributed by atoms with E-state index in [-0.39, 0.29) is 12.4 Å². The summed E-state index contributed by atoms with van der Waals surface area (Å²) in [5.41, 5.74) is 0. The summed E-state index contributed by atoms with van der Waals surface area (Å²) in [5, 5.41) is 3.46. The Kier molecular flexibility index (Phi) is 12.1. The number of hydrogen-bond donors (Lipinski definition) is 1. The molecule has 21 heavy (non-hydrogen) atoms. The number of carbonyl (C=O) groups is 1. The van der Waals surface area contributed by atoms with Gasteiger partial charge >= 0.3 is 0 Å². The molecule has 0 radical (unpaired) electrons. The molecule has 0 aromatic carbocycles. The number of hydrogen-bond acceptors (Lipinski definition) is 2. The average molecular weight is 319 g/mol.